The Hall–Kier alpha value is -1.75. The van der Waals surface area contributed by atoms with Crippen LogP contribution in [0, 0.1) is 6.92 Å². The van der Waals surface area contributed by atoms with E-state index in [0.717, 1.165) is 5.56 Å². The summed E-state index contributed by atoms with van der Waals surface area (Å²) in [6.45, 7) is 1.98. The van der Waals surface area contributed by atoms with Crippen molar-refractivity contribution in [1.29, 1.82) is 0 Å². The number of cyclic esters (lactones) is 1. The average molecular weight is 209 g/mol. The molecule has 15 heavy (non-hydrogen) atoms. The van der Waals surface area contributed by atoms with Crippen LogP contribution in [0.3, 0.4) is 0 Å². The van der Waals surface area contributed by atoms with Crippen LogP contribution in [0.5, 0.6) is 5.75 Å². The Morgan fingerprint density at radius 2 is 2.00 bits per heavy atom. The summed E-state index contributed by atoms with van der Waals surface area (Å²) in [5, 5.41) is 1.21. The summed E-state index contributed by atoms with van der Waals surface area (Å²) in [5.74, 6) is 0.621. The van der Waals surface area contributed by atoms with Gasteiger partial charge >= 0.3 is 12.6 Å². The van der Waals surface area contributed by atoms with Crippen molar-refractivity contribution in [1.82, 2.24) is 5.06 Å². The van der Waals surface area contributed by atoms with E-state index < -0.39 is 12.6 Å². The molecule has 0 spiro atoms. The molecule has 1 atom stereocenters. The lowest BCUT2D eigenvalue weighted by Gasteiger charge is -2.14. The SMILES string of the molecule is Cc1ccc(OC2OC(=O)ON2C)cc1. The fourth-order valence-electron chi connectivity index (χ4n) is 1.17. The summed E-state index contributed by atoms with van der Waals surface area (Å²) >= 11 is 0. The van der Waals surface area contributed by atoms with E-state index in [4.69, 9.17) is 9.47 Å². The van der Waals surface area contributed by atoms with E-state index in [1.54, 1.807) is 19.2 Å². The highest BCUT2D eigenvalue weighted by Crippen LogP contribution is 2.18. The third-order valence-electron chi connectivity index (χ3n) is 1.97. The second-order valence-electron chi connectivity index (χ2n) is 3.24. The highest BCUT2D eigenvalue weighted by molar-refractivity contribution is 5.60. The molecule has 0 aliphatic carbocycles. The minimum absolute atomic E-state index is 0.621. The van der Waals surface area contributed by atoms with Crippen LogP contribution in [0.15, 0.2) is 24.3 Å². The molecular weight excluding hydrogens is 198 g/mol. The smallest absolute Gasteiger partial charge is 0.439 e. The summed E-state index contributed by atoms with van der Waals surface area (Å²) in [4.78, 5) is 15.4. The van der Waals surface area contributed by atoms with Gasteiger partial charge in [0, 0.05) is 7.05 Å². The molecule has 1 heterocycles. The number of rotatable bonds is 2. The number of benzene rings is 1. The molecule has 2 rings (SSSR count). The van der Waals surface area contributed by atoms with E-state index in [0.29, 0.717) is 5.75 Å². The zero-order valence-corrected chi connectivity index (χ0v) is 8.47. The van der Waals surface area contributed by atoms with Crippen LogP contribution in [-0.2, 0) is 9.57 Å². The standard InChI is InChI=1S/C10H11NO4/c1-7-3-5-8(6-4-7)13-9-11(2)15-10(12)14-9/h3-6,9H,1-2H3. The number of hydrogen-bond acceptors (Lipinski definition) is 5. The summed E-state index contributed by atoms with van der Waals surface area (Å²) in [6.07, 6.45) is -1.57. The molecule has 0 bridgehead atoms. The molecule has 1 aliphatic heterocycles. The lowest BCUT2D eigenvalue weighted by Crippen LogP contribution is -2.30. The number of hydrogen-bond donors (Lipinski definition) is 0. The average Bonchev–Trinajstić information content (AvgIpc) is 2.49. The van der Waals surface area contributed by atoms with Crippen LogP contribution < -0.4 is 4.74 Å². The molecule has 0 amide bonds. The molecule has 1 unspecified atom stereocenters. The lowest BCUT2D eigenvalue weighted by molar-refractivity contribution is -0.166. The van der Waals surface area contributed by atoms with Crippen molar-refractivity contribution in [3.05, 3.63) is 29.8 Å². The molecule has 1 aliphatic rings. The van der Waals surface area contributed by atoms with Crippen molar-refractivity contribution in [3.63, 3.8) is 0 Å². The minimum atomic E-state index is -0.819. The van der Waals surface area contributed by atoms with Gasteiger partial charge in [-0.1, -0.05) is 22.8 Å². The van der Waals surface area contributed by atoms with Gasteiger partial charge in [0.05, 0.1) is 0 Å². The number of carbonyl (C=O) groups is 1. The van der Waals surface area contributed by atoms with E-state index in [1.807, 2.05) is 19.1 Å². The van der Waals surface area contributed by atoms with Crippen molar-refractivity contribution >= 4 is 6.16 Å². The Balaban J connectivity index is 2.03. The molecule has 1 aromatic rings. The first-order valence-corrected chi connectivity index (χ1v) is 4.50. The van der Waals surface area contributed by atoms with Gasteiger partial charge < -0.3 is 14.3 Å². The maximum Gasteiger partial charge on any atom is 0.532 e. The molecule has 1 fully saturated rings. The van der Waals surface area contributed by atoms with Gasteiger partial charge in [0.25, 0.3) is 0 Å². The molecule has 0 radical (unpaired) electrons. The molecule has 0 saturated carbocycles. The van der Waals surface area contributed by atoms with Crippen LogP contribution in [0.2, 0.25) is 0 Å². The highest BCUT2D eigenvalue weighted by atomic mass is 16.9. The first-order valence-electron chi connectivity index (χ1n) is 4.50. The normalized spacial score (nSPS) is 20.9. The maximum absolute atomic E-state index is 10.7. The second-order valence-corrected chi connectivity index (χ2v) is 3.24. The maximum atomic E-state index is 10.7. The highest BCUT2D eigenvalue weighted by Gasteiger charge is 2.33. The molecule has 5 nitrogen and oxygen atoms in total. The summed E-state index contributed by atoms with van der Waals surface area (Å²) < 4.78 is 10.1. The second kappa shape index (κ2) is 3.78. The lowest BCUT2D eigenvalue weighted by atomic mass is 10.2. The summed E-state index contributed by atoms with van der Waals surface area (Å²) in [6, 6.07) is 7.42. The van der Waals surface area contributed by atoms with Crippen molar-refractivity contribution in [2.45, 2.75) is 13.3 Å². The topological polar surface area (TPSA) is 48.0 Å². The zero-order valence-electron chi connectivity index (χ0n) is 8.47. The van der Waals surface area contributed by atoms with Gasteiger partial charge in [0.1, 0.15) is 5.75 Å². The number of ether oxygens (including phenoxy) is 2. The number of nitrogens with zero attached hydrogens (tertiary/aromatic N) is 1. The van der Waals surface area contributed by atoms with Crippen molar-refractivity contribution < 1.29 is 19.1 Å². The quantitative estimate of drug-likeness (QED) is 0.693. The van der Waals surface area contributed by atoms with E-state index in [-0.39, 0.29) is 0 Å². The Morgan fingerprint density at radius 3 is 2.53 bits per heavy atom. The van der Waals surface area contributed by atoms with Gasteiger partial charge in [-0.15, -0.1) is 0 Å². The Morgan fingerprint density at radius 1 is 1.33 bits per heavy atom. The molecule has 0 N–H and O–H groups in total. The molecule has 0 aromatic heterocycles. The van der Waals surface area contributed by atoms with E-state index >= 15 is 0 Å². The molecule has 5 heteroatoms. The van der Waals surface area contributed by atoms with Gasteiger partial charge in [0.15, 0.2) is 0 Å². The van der Waals surface area contributed by atoms with Gasteiger partial charge in [0.2, 0.25) is 0 Å². The summed E-state index contributed by atoms with van der Waals surface area (Å²) in [5.41, 5.74) is 1.13. The van der Waals surface area contributed by atoms with Crippen LogP contribution in [0.4, 0.5) is 4.79 Å². The number of aryl methyl sites for hydroxylation is 1. The molecular formula is C10H11NO4. The van der Waals surface area contributed by atoms with Gasteiger partial charge in [-0.25, -0.2) is 4.79 Å². The summed E-state index contributed by atoms with van der Waals surface area (Å²) in [7, 11) is 1.56. The molecule has 1 aromatic carbocycles. The van der Waals surface area contributed by atoms with Gasteiger partial charge in [-0.3, -0.25) is 0 Å². The first-order chi connectivity index (χ1) is 7.15. The Labute approximate surface area is 87.1 Å². The van der Waals surface area contributed by atoms with Crippen LogP contribution in [-0.4, -0.2) is 24.7 Å². The largest absolute Gasteiger partial charge is 0.532 e. The number of hydroxylamine groups is 2. The third kappa shape index (κ3) is 2.19. The zero-order chi connectivity index (χ0) is 10.8. The van der Waals surface area contributed by atoms with E-state index in [2.05, 4.69) is 4.84 Å². The minimum Gasteiger partial charge on any atom is -0.439 e. The fraction of sp³-hybridized carbons (Fsp3) is 0.300. The Bertz CT molecular complexity index is 362. The predicted octanol–water partition coefficient (Wildman–Crippen LogP) is 1.67. The van der Waals surface area contributed by atoms with Crippen molar-refractivity contribution in [3.8, 4) is 5.75 Å². The van der Waals surface area contributed by atoms with Crippen LogP contribution in [0.1, 0.15) is 5.56 Å². The third-order valence-corrected chi connectivity index (χ3v) is 1.97. The van der Waals surface area contributed by atoms with Crippen LogP contribution >= 0.6 is 0 Å². The predicted molar refractivity (Wildman–Crippen MR) is 50.9 cm³/mol. The van der Waals surface area contributed by atoms with E-state index in [9.17, 15) is 4.79 Å². The van der Waals surface area contributed by atoms with Crippen LogP contribution in [0.25, 0.3) is 0 Å². The van der Waals surface area contributed by atoms with E-state index in [1.165, 1.54) is 5.06 Å². The van der Waals surface area contributed by atoms with Gasteiger partial charge in [-0.05, 0) is 19.1 Å². The Kier molecular flexibility index (Phi) is 2.47. The van der Waals surface area contributed by atoms with Crippen molar-refractivity contribution in [2.75, 3.05) is 7.05 Å². The van der Waals surface area contributed by atoms with Gasteiger partial charge in [-0.2, -0.15) is 0 Å². The van der Waals surface area contributed by atoms with Crippen molar-refractivity contribution in [2.24, 2.45) is 0 Å². The first kappa shape index (κ1) is 9.79. The fourth-order valence-corrected chi connectivity index (χ4v) is 1.17. The molecule has 1 saturated heterocycles. The molecule has 80 valence electrons. The number of carbonyl (C=O) groups excluding carboxylic acids is 1. The monoisotopic (exact) mass is 209 g/mol.